The average molecular weight is 210 g/mol. The summed E-state index contributed by atoms with van der Waals surface area (Å²) in [6.45, 7) is 4.31. The van der Waals surface area contributed by atoms with Crippen LogP contribution in [0.5, 0.6) is 0 Å². The molecule has 3 heteroatoms. The standard InChI is InChI=1S/C11H12ClNO/c1-7(2)8-3-4-10-9(5-8)13-11(6-12)14-10/h3-5,7H,6H2,1-2H3. The SMILES string of the molecule is CC(C)c1ccc2oc(CCl)nc2c1. The molecule has 2 nitrogen and oxygen atoms in total. The van der Waals surface area contributed by atoms with E-state index in [1.54, 1.807) is 0 Å². The van der Waals surface area contributed by atoms with Gasteiger partial charge in [-0.2, -0.15) is 0 Å². The van der Waals surface area contributed by atoms with Crippen molar-refractivity contribution in [3.05, 3.63) is 29.7 Å². The van der Waals surface area contributed by atoms with E-state index in [1.807, 2.05) is 6.07 Å². The monoisotopic (exact) mass is 209 g/mol. The van der Waals surface area contributed by atoms with Crippen molar-refractivity contribution in [2.24, 2.45) is 0 Å². The predicted molar refractivity (Wildman–Crippen MR) is 57.7 cm³/mol. The lowest BCUT2D eigenvalue weighted by Gasteiger charge is -2.02. The Hall–Kier alpha value is -1.02. The number of nitrogens with zero attached hydrogens (tertiary/aromatic N) is 1. The van der Waals surface area contributed by atoms with Gasteiger partial charge in [0.25, 0.3) is 0 Å². The van der Waals surface area contributed by atoms with Crippen LogP contribution in [0.4, 0.5) is 0 Å². The minimum atomic E-state index is 0.325. The van der Waals surface area contributed by atoms with Gasteiger partial charge in [-0.25, -0.2) is 4.98 Å². The molecule has 0 bridgehead atoms. The van der Waals surface area contributed by atoms with Crippen molar-refractivity contribution >= 4 is 22.7 Å². The van der Waals surface area contributed by atoms with Gasteiger partial charge in [0.1, 0.15) is 5.52 Å². The van der Waals surface area contributed by atoms with Crippen molar-refractivity contribution in [3.8, 4) is 0 Å². The van der Waals surface area contributed by atoms with Gasteiger partial charge >= 0.3 is 0 Å². The van der Waals surface area contributed by atoms with Crippen LogP contribution in [0.15, 0.2) is 22.6 Å². The van der Waals surface area contributed by atoms with Gasteiger partial charge in [0, 0.05) is 0 Å². The molecule has 0 saturated heterocycles. The number of oxazole rings is 1. The van der Waals surface area contributed by atoms with Gasteiger partial charge in [-0.05, 0) is 23.6 Å². The summed E-state index contributed by atoms with van der Waals surface area (Å²) in [5.74, 6) is 1.42. The molecule has 1 heterocycles. The summed E-state index contributed by atoms with van der Waals surface area (Å²) in [5.41, 5.74) is 2.98. The summed E-state index contributed by atoms with van der Waals surface area (Å²) in [7, 11) is 0. The Morgan fingerprint density at radius 1 is 1.43 bits per heavy atom. The van der Waals surface area contributed by atoms with E-state index in [0.29, 0.717) is 17.7 Å². The molecule has 1 aromatic heterocycles. The summed E-state index contributed by atoms with van der Waals surface area (Å²) < 4.78 is 5.41. The molecule has 0 unspecified atom stereocenters. The third-order valence-electron chi connectivity index (χ3n) is 2.24. The van der Waals surface area contributed by atoms with Gasteiger partial charge in [0.05, 0.1) is 5.88 Å². The second-order valence-electron chi connectivity index (χ2n) is 3.62. The van der Waals surface area contributed by atoms with Gasteiger partial charge in [0.2, 0.25) is 5.89 Å². The molecular formula is C11H12ClNO. The third kappa shape index (κ3) is 1.62. The number of halogens is 1. The molecule has 0 aliphatic carbocycles. The van der Waals surface area contributed by atoms with Gasteiger partial charge in [-0.15, -0.1) is 11.6 Å². The van der Waals surface area contributed by atoms with Gasteiger partial charge in [-0.1, -0.05) is 19.9 Å². The predicted octanol–water partition coefficient (Wildman–Crippen LogP) is 3.69. The highest BCUT2D eigenvalue weighted by Crippen LogP contribution is 2.22. The van der Waals surface area contributed by atoms with Crippen molar-refractivity contribution < 1.29 is 4.42 Å². The maximum absolute atomic E-state index is 5.64. The van der Waals surface area contributed by atoms with E-state index in [9.17, 15) is 0 Å². The van der Waals surface area contributed by atoms with Crippen LogP contribution in [0.1, 0.15) is 31.2 Å². The second-order valence-corrected chi connectivity index (χ2v) is 3.89. The summed E-state index contributed by atoms with van der Waals surface area (Å²) in [6.07, 6.45) is 0. The fourth-order valence-electron chi connectivity index (χ4n) is 1.41. The lowest BCUT2D eigenvalue weighted by Crippen LogP contribution is -1.85. The van der Waals surface area contributed by atoms with Crippen molar-refractivity contribution in [2.75, 3.05) is 0 Å². The fraction of sp³-hybridized carbons (Fsp3) is 0.364. The first kappa shape index (κ1) is 9.53. The van der Waals surface area contributed by atoms with Crippen LogP contribution in [0, 0.1) is 0 Å². The fourth-order valence-corrected chi connectivity index (χ4v) is 1.52. The normalized spacial score (nSPS) is 11.4. The van der Waals surface area contributed by atoms with Crippen LogP contribution in [0.3, 0.4) is 0 Å². The highest BCUT2D eigenvalue weighted by molar-refractivity contribution is 6.16. The smallest absolute Gasteiger partial charge is 0.210 e. The van der Waals surface area contributed by atoms with E-state index in [0.717, 1.165) is 11.1 Å². The average Bonchev–Trinajstić information content (AvgIpc) is 2.58. The Morgan fingerprint density at radius 2 is 2.21 bits per heavy atom. The summed E-state index contributed by atoms with van der Waals surface area (Å²) >= 11 is 5.64. The van der Waals surface area contributed by atoms with Crippen LogP contribution in [-0.2, 0) is 5.88 Å². The maximum Gasteiger partial charge on any atom is 0.210 e. The largest absolute Gasteiger partial charge is 0.439 e. The molecule has 0 atom stereocenters. The Morgan fingerprint density at radius 3 is 2.86 bits per heavy atom. The molecule has 0 saturated carbocycles. The van der Waals surface area contributed by atoms with Crippen LogP contribution in [0.25, 0.3) is 11.1 Å². The van der Waals surface area contributed by atoms with E-state index in [1.165, 1.54) is 5.56 Å². The van der Waals surface area contributed by atoms with Gasteiger partial charge in [-0.3, -0.25) is 0 Å². The molecule has 0 fully saturated rings. The van der Waals surface area contributed by atoms with Gasteiger partial charge < -0.3 is 4.42 Å². The summed E-state index contributed by atoms with van der Waals surface area (Å²) in [5, 5.41) is 0. The van der Waals surface area contributed by atoms with E-state index in [4.69, 9.17) is 16.0 Å². The number of hydrogen-bond donors (Lipinski definition) is 0. The number of alkyl halides is 1. The molecule has 0 spiro atoms. The van der Waals surface area contributed by atoms with Crippen molar-refractivity contribution in [2.45, 2.75) is 25.6 Å². The van der Waals surface area contributed by atoms with E-state index >= 15 is 0 Å². The molecule has 0 aliphatic heterocycles. The molecule has 14 heavy (non-hydrogen) atoms. The first-order valence-corrected chi connectivity index (χ1v) is 5.19. The lowest BCUT2D eigenvalue weighted by molar-refractivity contribution is 0.555. The Kier molecular flexibility index (Phi) is 2.46. The van der Waals surface area contributed by atoms with Crippen LogP contribution in [-0.4, -0.2) is 4.98 Å². The molecule has 2 aromatic rings. The Labute approximate surface area is 87.9 Å². The zero-order chi connectivity index (χ0) is 10.1. The van der Waals surface area contributed by atoms with Crippen LogP contribution >= 0.6 is 11.6 Å². The second kappa shape index (κ2) is 3.62. The van der Waals surface area contributed by atoms with Crippen molar-refractivity contribution in [1.82, 2.24) is 4.98 Å². The highest BCUT2D eigenvalue weighted by atomic mass is 35.5. The molecule has 0 aliphatic rings. The molecule has 0 amide bonds. The summed E-state index contributed by atoms with van der Waals surface area (Å²) in [6, 6.07) is 6.07. The van der Waals surface area contributed by atoms with E-state index in [2.05, 4.69) is 31.0 Å². The molecule has 2 rings (SSSR count). The lowest BCUT2D eigenvalue weighted by atomic mass is 10.0. The molecule has 1 aromatic carbocycles. The first-order chi connectivity index (χ1) is 6.70. The zero-order valence-electron chi connectivity index (χ0n) is 8.25. The quantitative estimate of drug-likeness (QED) is 0.705. The number of aromatic nitrogens is 1. The maximum atomic E-state index is 5.64. The number of hydrogen-bond acceptors (Lipinski definition) is 2. The molecular weight excluding hydrogens is 198 g/mol. The number of fused-ring (bicyclic) bond motifs is 1. The summed E-state index contributed by atoms with van der Waals surface area (Å²) in [4.78, 5) is 4.28. The topological polar surface area (TPSA) is 26.0 Å². The minimum absolute atomic E-state index is 0.325. The van der Waals surface area contributed by atoms with Crippen LogP contribution < -0.4 is 0 Å². The van der Waals surface area contributed by atoms with E-state index < -0.39 is 0 Å². The van der Waals surface area contributed by atoms with Crippen molar-refractivity contribution in [1.29, 1.82) is 0 Å². The Bertz CT molecular complexity index is 447. The highest BCUT2D eigenvalue weighted by Gasteiger charge is 2.06. The third-order valence-corrected chi connectivity index (χ3v) is 2.47. The Balaban J connectivity index is 2.54. The van der Waals surface area contributed by atoms with Gasteiger partial charge in [0.15, 0.2) is 5.58 Å². The zero-order valence-corrected chi connectivity index (χ0v) is 9.01. The first-order valence-electron chi connectivity index (χ1n) is 4.66. The van der Waals surface area contributed by atoms with Crippen molar-refractivity contribution in [3.63, 3.8) is 0 Å². The number of benzene rings is 1. The minimum Gasteiger partial charge on any atom is -0.439 e. The van der Waals surface area contributed by atoms with E-state index in [-0.39, 0.29) is 0 Å². The van der Waals surface area contributed by atoms with Crippen LogP contribution in [0.2, 0.25) is 0 Å². The molecule has 0 N–H and O–H groups in total. The molecule has 0 radical (unpaired) electrons. The molecule has 74 valence electrons. The number of rotatable bonds is 2.